The monoisotopic (exact) mass is 300 g/mol. The van der Waals surface area contributed by atoms with Crippen LogP contribution in [-0.4, -0.2) is 85.2 Å². The molecule has 2 aliphatic rings. The van der Waals surface area contributed by atoms with Gasteiger partial charge in [-0.1, -0.05) is 0 Å². The summed E-state index contributed by atoms with van der Waals surface area (Å²) in [4.78, 5) is 4.68. The van der Waals surface area contributed by atoms with Gasteiger partial charge in [0.25, 0.3) is 0 Å². The zero-order valence-corrected chi connectivity index (χ0v) is 13.8. The smallest absolute Gasteiger partial charge is 0.0793 e. The second kappa shape index (κ2) is 8.44. The maximum absolute atomic E-state index is 10.4. The molecule has 0 aromatic rings. The van der Waals surface area contributed by atoms with Crippen molar-refractivity contribution in [3.63, 3.8) is 0 Å². The van der Waals surface area contributed by atoms with Crippen molar-refractivity contribution in [3.05, 3.63) is 0 Å². The standard InChI is InChI=1S/C16H32N2O3/c1-4-20-16-6-5-7-17(12-16)10-15(19)11-18-8-13(2)21-14(3)9-18/h13-16,19H,4-12H2,1-3H3. The molecule has 124 valence electrons. The minimum absolute atomic E-state index is 0.262. The van der Waals surface area contributed by atoms with Gasteiger partial charge in [0.1, 0.15) is 0 Å². The third-order valence-electron chi connectivity index (χ3n) is 4.30. The molecule has 2 saturated heterocycles. The number of likely N-dealkylation sites (tertiary alicyclic amines) is 1. The van der Waals surface area contributed by atoms with E-state index in [1.54, 1.807) is 0 Å². The molecule has 2 aliphatic heterocycles. The van der Waals surface area contributed by atoms with Crippen LogP contribution in [0.2, 0.25) is 0 Å². The highest BCUT2D eigenvalue weighted by Gasteiger charge is 2.26. The highest BCUT2D eigenvalue weighted by atomic mass is 16.5. The van der Waals surface area contributed by atoms with Crippen LogP contribution < -0.4 is 0 Å². The molecular formula is C16H32N2O3. The Hall–Kier alpha value is -0.200. The Labute approximate surface area is 129 Å². The van der Waals surface area contributed by atoms with Crippen LogP contribution in [0.5, 0.6) is 0 Å². The molecule has 5 heteroatoms. The summed E-state index contributed by atoms with van der Waals surface area (Å²) in [5.74, 6) is 0. The Kier molecular flexibility index (Phi) is 6.89. The topological polar surface area (TPSA) is 45.2 Å². The van der Waals surface area contributed by atoms with E-state index in [2.05, 4.69) is 30.6 Å². The number of hydrogen-bond acceptors (Lipinski definition) is 5. The summed E-state index contributed by atoms with van der Waals surface area (Å²) in [5, 5.41) is 10.4. The maximum Gasteiger partial charge on any atom is 0.0793 e. The third kappa shape index (κ3) is 5.83. The number of aliphatic hydroxyl groups is 1. The van der Waals surface area contributed by atoms with Gasteiger partial charge in [0.2, 0.25) is 0 Å². The number of nitrogens with zero attached hydrogens (tertiary/aromatic N) is 2. The van der Waals surface area contributed by atoms with Gasteiger partial charge in [0.05, 0.1) is 24.4 Å². The van der Waals surface area contributed by atoms with Crippen molar-refractivity contribution in [3.8, 4) is 0 Å². The first kappa shape index (κ1) is 17.2. The van der Waals surface area contributed by atoms with E-state index in [1.165, 1.54) is 6.42 Å². The molecule has 0 radical (unpaired) electrons. The number of hydrogen-bond donors (Lipinski definition) is 1. The maximum atomic E-state index is 10.4. The molecule has 4 unspecified atom stereocenters. The van der Waals surface area contributed by atoms with Gasteiger partial charge < -0.3 is 14.6 Å². The van der Waals surface area contributed by atoms with Crippen molar-refractivity contribution in [1.29, 1.82) is 0 Å². The quantitative estimate of drug-likeness (QED) is 0.791. The van der Waals surface area contributed by atoms with Crippen molar-refractivity contribution in [2.75, 3.05) is 45.9 Å². The molecule has 2 fully saturated rings. The van der Waals surface area contributed by atoms with Crippen molar-refractivity contribution >= 4 is 0 Å². The number of β-amino-alcohol motifs (C(OH)–C–C–N with tert-alkyl or cyclic N) is 1. The molecule has 0 aliphatic carbocycles. The van der Waals surface area contributed by atoms with Gasteiger partial charge in [-0.2, -0.15) is 0 Å². The lowest BCUT2D eigenvalue weighted by molar-refractivity contribution is -0.0795. The Bertz CT molecular complexity index is 291. The first-order chi connectivity index (χ1) is 10.1. The van der Waals surface area contributed by atoms with Crippen molar-refractivity contribution < 1.29 is 14.6 Å². The number of ether oxygens (including phenoxy) is 2. The number of morpholine rings is 1. The largest absolute Gasteiger partial charge is 0.390 e. The Morgan fingerprint density at radius 3 is 2.48 bits per heavy atom. The molecule has 0 saturated carbocycles. The van der Waals surface area contributed by atoms with Gasteiger partial charge in [-0.15, -0.1) is 0 Å². The van der Waals surface area contributed by atoms with Gasteiger partial charge in [0, 0.05) is 39.3 Å². The first-order valence-electron chi connectivity index (χ1n) is 8.46. The number of aliphatic hydroxyl groups excluding tert-OH is 1. The van der Waals surface area contributed by atoms with Crippen LogP contribution in [0.1, 0.15) is 33.6 Å². The predicted molar refractivity (Wildman–Crippen MR) is 83.5 cm³/mol. The second-order valence-corrected chi connectivity index (χ2v) is 6.61. The summed E-state index contributed by atoms with van der Waals surface area (Å²) in [6, 6.07) is 0. The van der Waals surface area contributed by atoms with Crippen LogP contribution >= 0.6 is 0 Å². The normalized spacial score (nSPS) is 34.0. The van der Waals surface area contributed by atoms with E-state index in [9.17, 15) is 5.11 Å². The van der Waals surface area contributed by atoms with E-state index in [1.807, 2.05) is 0 Å². The molecule has 21 heavy (non-hydrogen) atoms. The van der Waals surface area contributed by atoms with Crippen molar-refractivity contribution in [2.45, 2.75) is 58.0 Å². The molecule has 0 bridgehead atoms. The van der Waals surface area contributed by atoms with Gasteiger partial charge in [-0.3, -0.25) is 9.80 Å². The summed E-state index contributed by atoms with van der Waals surface area (Å²) < 4.78 is 11.5. The van der Waals surface area contributed by atoms with Crippen molar-refractivity contribution in [1.82, 2.24) is 9.80 Å². The second-order valence-electron chi connectivity index (χ2n) is 6.61. The first-order valence-corrected chi connectivity index (χ1v) is 8.46. The molecule has 2 heterocycles. The van der Waals surface area contributed by atoms with Crippen LogP contribution in [0, 0.1) is 0 Å². The van der Waals surface area contributed by atoms with Gasteiger partial charge in [-0.05, 0) is 40.2 Å². The number of piperidine rings is 1. The fraction of sp³-hybridized carbons (Fsp3) is 1.00. The molecule has 0 spiro atoms. The Balaban J connectivity index is 1.72. The summed E-state index contributed by atoms with van der Waals surface area (Å²) in [7, 11) is 0. The van der Waals surface area contributed by atoms with E-state index in [0.717, 1.165) is 52.3 Å². The summed E-state index contributed by atoms with van der Waals surface area (Å²) in [5.41, 5.74) is 0. The average Bonchev–Trinajstić information content (AvgIpc) is 2.37. The summed E-state index contributed by atoms with van der Waals surface area (Å²) >= 11 is 0. The van der Waals surface area contributed by atoms with Crippen molar-refractivity contribution in [2.24, 2.45) is 0 Å². The van der Waals surface area contributed by atoms with E-state index in [4.69, 9.17) is 9.47 Å². The molecule has 0 aromatic carbocycles. The van der Waals surface area contributed by atoms with Crippen LogP contribution in [0.15, 0.2) is 0 Å². The van der Waals surface area contributed by atoms with Gasteiger partial charge >= 0.3 is 0 Å². The zero-order chi connectivity index (χ0) is 15.2. The fourth-order valence-electron chi connectivity index (χ4n) is 3.64. The third-order valence-corrected chi connectivity index (χ3v) is 4.30. The van der Waals surface area contributed by atoms with E-state index < -0.39 is 0 Å². The summed E-state index contributed by atoms with van der Waals surface area (Å²) in [6.07, 6.45) is 2.90. The molecule has 1 N–H and O–H groups in total. The molecule has 0 amide bonds. The highest BCUT2D eigenvalue weighted by Crippen LogP contribution is 2.15. The minimum Gasteiger partial charge on any atom is -0.390 e. The van der Waals surface area contributed by atoms with Crippen LogP contribution in [0.3, 0.4) is 0 Å². The SMILES string of the molecule is CCOC1CCCN(CC(O)CN2CC(C)OC(C)C2)C1. The minimum atomic E-state index is -0.289. The summed E-state index contributed by atoms with van der Waals surface area (Å²) in [6.45, 7) is 12.4. The molecular weight excluding hydrogens is 268 g/mol. The lowest BCUT2D eigenvalue weighted by Crippen LogP contribution is -2.51. The van der Waals surface area contributed by atoms with Gasteiger partial charge in [-0.25, -0.2) is 0 Å². The molecule has 5 nitrogen and oxygen atoms in total. The zero-order valence-electron chi connectivity index (χ0n) is 13.8. The van der Waals surface area contributed by atoms with Gasteiger partial charge in [0.15, 0.2) is 0 Å². The molecule has 2 rings (SSSR count). The van der Waals surface area contributed by atoms with Crippen LogP contribution in [0.25, 0.3) is 0 Å². The average molecular weight is 300 g/mol. The van der Waals surface area contributed by atoms with E-state index in [0.29, 0.717) is 6.10 Å². The number of rotatable bonds is 6. The highest BCUT2D eigenvalue weighted by molar-refractivity contribution is 4.79. The van der Waals surface area contributed by atoms with E-state index >= 15 is 0 Å². The Morgan fingerprint density at radius 2 is 1.81 bits per heavy atom. The lowest BCUT2D eigenvalue weighted by Gasteiger charge is -2.38. The fourth-order valence-corrected chi connectivity index (χ4v) is 3.64. The van der Waals surface area contributed by atoms with Crippen LogP contribution in [-0.2, 0) is 9.47 Å². The molecule has 4 atom stereocenters. The lowest BCUT2D eigenvalue weighted by atomic mass is 10.1. The predicted octanol–water partition coefficient (Wildman–Crippen LogP) is 0.957. The van der Waals surface area contributed by atoms with Crippen LogP contribution in [0.4, 0.5) is 0 Å². The van der Waals surface area contributed by atoms with E-state index in [-0.39, 0.29) is 18.3 Å². The molecule has 0 aromatic heterocycles. The Morgan fingerprint density at radius 1 is 1.14 bits per heavy atom.